The number of anilines is 2. The summed E-state index contributed by atoms with van der Waals surface area (Å²) in [4.78, 5) is 3.80. The third-order valence-electron chi connectivity index (χ3n) is 3.76. The molecule has 132 valence electrons. The number of rotatable bonds is 8. The van der Waals surface area contributed by atoms with Crippen LogP contribution in [-0.2, 0) is 0 Å². The van der Waals surface area contributed by atoms with Crippen LogP contribution in [0, 0.1) is 49.4 Å². The first-order chi connectivity index (χ1) is 13.2. The highest BCUT2D eigenvalue weighted by Crippen LogP contribution is 2.36. The zero-order valence-electron chi connectivity index (χ0n) is 15.1. The Morgan fingerprint density at radius 3 is 1.26 bits per heavy atom. The molecule has 0 unspecified atom stereocenters. The van der Waals surface area contributed by atoms with Gasteiger partial charge in [-0.25, -0.2) is 0 Å². The van der Waals surface area contributed by atoms with Gasteiger partial charge in [-0.05, 0) is 24.3 Å². The summed E-state index contributed by atoms with van der Waals surface area (Å²) in [5.74, 6) is 11.8. The molecule has 0 spiro atoms. The van der Waals surface area contributed by atoms with Crippen molar-refractivity contribution in [1.82, 2.24) is 0 Å². The maximum Gasteiger partial charge on any atom is 0.150 e. The Hall–Kier alpha value is -3.92. The van der Waals surface area contributed by atoms with Crippen molar-refractivity contribution in [2.24, 2.45) is 0 Å². The third-order valence-corrected chi connectivity index (χ3v) is 3.76. The molecule has 0 saturated carbocycles. The largest absolute Gasteiger partial charge is 0.453 e. The SMILES string of the molecule is C#CCN(CC#C)c1ccccc1Oc1ccccc1N(CC#C)CC#C. The van der Waals surface area contributed by atoms with Crippen LogP contribution < -0.4 is 14.5 Å². The van der Waals surface area contributed by atoms with Crippen molar-refractivity contribution >= 4 is 11.4 Å². The highest BCUT2D eigenvalue weighted by molar-refractivity contribution is 5.65. The molecule has 3 nitrogen and oxygen atoms in total. The van der Waals surface area contributed by atoms with Crippen LogP contribution in [0.2, 0.25) is 0 Å². The van der Waals surface area contributed by atoms with Crippen LogP contribution >= 0.6 is 0 Å². The Bertz CT molecular complexity index is 825. The molecule has 0 bridgehead atoms. The lowest BCUT2D eigenvalue weighted by Crippen LogP contribution is -2.25. The fourth-order valence-corrected chi connectivity index (χ4v) is 2.62. The van der Waals surface area contributed by atoms with E-state index in [4.69, 9.17) is 30.4 Å². The minimum Gasteiger partial charge on any atom is -0.453 e. The van der Waals surface area contributed by atoms with Gasteiger partial charge in [0.05, 0.1) is 37.6 Å². The lowest BCUT2D eigenvalue weighted by molar-refractivity contribution is 0.482. The molecule has 0 aliphatic carbocycles. The van der Waals surface area contributed by atoms with Crippen LogP contribution in [0.15, 0.2) is 48.5 Å². The smallest absolute Gasteiger partial charge is 0.150 e. The van der Waals surface area contributed by atoms with E-state index >= 15 is 0 Å². The van der Waals surface area contributed by atoms with Crippen molar-refractivity contribution in [3.8, 4) is 60.9 Å². The minimum absolute atomic E-state index is 0.381. The number of hydrogen-bond donors (Lipinski definition) is 0. The molecule has 2 rings (SSSR count). The Labute approximate surface area is 161 Å². The van der Waals surface area contributed by atoms with Crippen LogP contribution in [0.5, 0.6) is 11.5 Å². The number of benzene rings is 2. The molecule has 0 aromatic heterocycles. The molecule has 0 aliphatic heterocycles. The second-order valence-electron chi connectivity index (χ2n) is 5.57. The van der Waals surface area contributed by atoms with Gasteiger partial charge in [-0.3, -0.25) is 0 Å². The maximum absolute atomic E-state index is 6.23. The van der Waals surface area contributed by atoms with Crippen LogP contribution in [-0.4, -0.2) is 26.2 Å². The van der Waals surface area contributed by atoms with E-state index in [1.165, 1.54) is 0 Å². The van der Waals surface area contributed by atoms with Crippen molar-refractivity contribution in [3.05, 3.63) is 48.5 Å². The summed E-state index contributed by atoms with van der Waals surface area (Å²) in [6.45, 7) is 1.53. The van der Waals surface area contributed by atoms with Crippen molar-refractivity contribution in [2.75, 3.05) is 36.0 Å². The first-order valence-corrected chi connectivity index (χ1v) is 8.34. The van der Waals surface area contributed by atoms with Gasteiger partial charge in [-0.15, -0.1) is 25.7 Å². The molecule has 2 aromatic carbocycles. The van der Waals surface area contributed by atoms with Gasteiger partial charge in [0, 0.05) is 0 Å². The van der Waals surface area contributed by atoms with Crippen molar-refractivity contribution < 1.29 is 4.74 Å². The van der Waals surface area contributed by atoms with Gasteiger partial charge in [0.2, 0.25) is 0 Å². The predicted molar refractivity (Wildman–Crippen MR) is 113 cm³/mol. The van der Waals surface area contributed by atoms with Crippen molar-refractivity contribution in [2.45, 2.75) is 0 Å². The molecule has 0 saturated heterocycles. The summed E-state index contributed by atoms with van der Waals surface area (Å²) in [7, 11) is 0. The third kappa shape index (κ3) is 5.03. The molecule has 0 N–H and O–H groups in total. The Kier molecular flexibility index (Phi) is 7.30. The van der Waals surface area contributed by atoms with E-state index in [2.05, 4.69) is 23.7 Å². The molecule has 0 amide bonds. The van der Waals surface area contributed by atoms with E-state index in [1.807, 2.05) is 58.3 Å². The normalized spacial score (nSPS) is 9.19. The molecule has 3 heteroatoms. The van der Waals surface area contributed by atoms with E-state index in [0.717, 1.165) is 11.4 Å². The summed E-state index contributed by atoms with van der Waals surface area (Å²) >= 11 is 0. The zero-order chi connectivity index (χ0) is 19.5. The van der Waals surface area contributed by atoms with Gasteiger partial charge in [0.1, 0.15) is 0 Å². The average Bonchev–Trinajstić information content (AvgIpc) is 2.69. The molecule has 0 aliphatic rings. The topological polar surface area (TPSA) is 15.7 Å². The molecule has 0 fully saturated rings. The number of terminal acetylenes is 4. The van der Waals surface area contributed by atoms with E-state index in [0.29, 0.717) is 37.7 Å². The maximum atomic E-state index is 6.23. The molecular formula is C24H20N2O. The van der Waals surface area contributed by atoms with Gasteiger partial charge in [0.15, 0.2) is 11.5 Å². The number of para-hydroxylation sites is 4. The molecule has 27 heavy (non-hydrogen) atoms. The van der Waals surface area contributed by atoms with E-state index < -0.39 is 0 Å². The van der Waals surface area contributed by atoms with E-state index in [9.17, 15) is 0 Å². The van der Waals surface area contributed by atoms with Gasteiger partial charge in [0.25, 0.3) is 0 Å². The quantitative estimate of drug-likeness (QED) is 0.675. The molecule has 0 radical (unpaired) electrons. The van der Waals surface area contributed by atoms with Crippen LogP contribution in [0.1, 0.15) is 0 Å². The monoisotopic (exact) mass is 352 g/mol. The summed E-state index contributed by atoms with van der Waals surface area (Å²) in [5.41, 5.74) is 1.65. The lowest BCUT2D eigenvalue weighted by atomic mass is 10.2. The van der Waals surface area contributed by atoms with E-state index in [-0.39, 0.29) is 0 Å². The van der Waals surface area contributed by atoms with Gasteiger partial charge >= 0.3 is 0 Å². The summed E-state index contributed by atoms with van der Waals surface area (Å²) in [5, 5.41) is 0. The molecule has 0 heterocycles. The van der Waals surface area contributed by atoms with Gasteiger partial charge in [-0.2, -0.15) is 0 Å². The molecule has 2 aromatic rings. The van der Waals surface area contributed by atoms with Crippen molar-refractivity contribution in [1.29, 1.82) is 0 Å². The number of ether oxygens (including phenoxy) is 1. The summed E-state index contributed by atoms with van der Waals surface area (Å²) in [6.07, 6.45) is 21.9. The first kappa shape index (κ1) is 19.4. The zero-order valence-corrected chi connectivity index (χ0v) is 15.1. The predicted octanol–water partition coefficient (Wildman–Crippen LogP) is 3.62. The summed E-state index contributed by atoms with van der Waals surface area (Å²) < 4.78 is 6.23. The van der Waals surface area contributed by atoms with Crippen molar-refractivity contribution in [3.63, 3.8) is 0 Å². The molecule has 0 atom stereocenters. The lowest BCUT2D eigenvalue weighted by Gasteiger charge is -2.25. The Morgan fingerprint density at radius 2 is 0.926 bits per heavy atom. The Balaban J connectivity index is 2.42. The highest BCUT2D eigenvalue weighted by Gasteiger charge is 2.15. The van der Waals surface area contributed by atoms with Crippen LogP contribution in [0.3, 0.4) is 0 Å². The highest BCUT2D eigenvalue weighted by atomic mass is 16.5. The van der Waals surface area contributed by atoms with Gasteiger partial charge in [-0.1, -0.05) is 47.9 Å². The fourth-order valence-electron chi connectivity index (χ4n) is 2.62. The second-order valence-corrected chi connectivity index (χ2v) is 5.57. The van der Waals surface area contributed by atoms with E-state index in [1.54, 1.807) is 0 Å². The fraction of sp³-hybridized carbons (Fsp3) is 0.167. The van der Waals surface area contributed by atoms with Crippen LogP contribution in [0.4, 0.5) is 11.4 Å². The Morgan fingerprint density at radius 1 is 0.593 bits per heavy atom. The second kappa shape index (κ2) is 10.2. The summed E-state index contributed by atoms with van der Waals surface area (Å²) in [6, 6.07) is 15.2. The average molecular weight is 352 g/mol. The number of nitrogens with zero attached hydrogens (tertiary/aromatic N) is 2. The van der Waals surface area contributed by atoms with Gasteiger partial charge < -0.3 is 14.5 Å². The standard InChI is InChI=1S/C24H20N2O/c1-5-17-25(18-6-2)21-13-9-11-15-23(21)27-24-16-12-10-14-22(24)26(19-7-3)20-8-4/h1-4,9-16H,17-20H2. The molecular weight excluding hydrogens is 332 g/mol. The minimum atomic E-state index is 0.381. The van der Waals surface area contributed by atoms with Crippen LogP contribution in [0.25, 0.3) is 0 Å². The first-order valence-electron chi connectivity index (χ1n) is 8.34. The number of hydrogen-bond acceptors (Lipinski definition) is 3.